The van der Waals surface area contributed by atoms with Gasteiger partial charge in [0.25, 0.3) is 0 Å². The molecule has 0 amide bonds. The Bertz CT molecular complexity index is 196. The van der Waals surface area contributed by atoms with Crippen LogP contribution in [-0.4, -0.2) is 23.4 Å². The van der Waals surface area contributed by atoms with Gasteiger partial charge in [-0.25, -0.2) is 4.67 Å². The summed E-state index contributed by atoms with van der Waals surface area (Å²) < 4.78 is 8.01. The Morgan fingerprint density at radius 3 is 2.46 bits per heavy atom. The molecule has 0 aromatic rings. The predicted octanol–water partition coefficient (Wildman–Crippen LogP) is 3.51. The van der Waals surface area contributed by atoms with Crippen molar-refractivity contribution in [3.63, 3.8) is 0 Å². The van der Waals surface area contributed by atoms with Crippen molar-refractivity contribution in [2.75, 3.05) is 7.05 Å². The van der Waals surface area contributed by atoms with Crippen LogP contribution in [0.15, 0.2) is 0 Å². The van der Waals surface area contributed by atoms with Crippen LogP contribution in [0, 0.1) is 0 Å². The van der Waals surface area contributed by atoms with Crippen LogP contribution in [0.4, 0.5) is 0 Å². The second-order valence-electron chi connectivity index (χ2n) is 4.16. The van der Waals surface area contributed by atoms with Crippen molar-refractivity contribution < 1.29 is 4.52 Å². The second kappa shape index (κ2) is 3.66. The molecule has 4 heteroatoms. The van der Waals surface area contributed by atoms with Crippen molar-refractivity contribution in [2.24, 2.45) is 0 Å². The Morgan fingerprint density at radius 2 is 2.00 bits per heavy atom. The van der Waals surface area contributed by atoms with Gasteiger partial charge in [0.05, 0.1) is 11.6 Å². The molecule has 0 bridgehead atoms. The fraction of sp³-hybridized carbons (Fsp3) is 1.00. The topological polar surface area (TPSA) is 12.5 Å². The maximum absolute atomic E-state index is 6.15. The molecule has 1 saturated carbocycles. The van der Waals surface area contributed by atoms with Gasteiger partial charge in [-0.3, -0.25) is 0 Å². The van der Waals surface area contributed by atoms with Gasteiger partial charge in [-0.15, -0.1) is 0 Å². The first-order chi connectivity index (χ1) is 6.17. The van der Waals surface area contributed by atoms with Gasteiger partial charge < -0.3 is 4.52 Å². The smallest absolute Gasteiger partial charge is 0.207 e. The van der Waals surface area contributed by atoms with Gasteiger partial charge in [-0.05, 0) is 38.1 Å². The number of hydrogen-bond donors (Lipinski definition) is 0. The fourth-order valence-electron chi connectivity index (χ4n) is 2.61. The maximum Gasteiger partial charge on any atom is 0.207 e. The molecule has 0 aromatic carbocycles. The summed E-state index contributed by atoms with van der Waals surface area (Å²) in [5, 5.41) is 0. The first kappa shape index (κ1) is 10.2. The zero-order chi connectivity index (χ0) is 9.47. The van der Waals surface area contributed by atoms with Crippen LogP contribution in [0.1, 0.15) is 39.0 Å². The number of likely N-dealkylation sites (N-methyl/N-ethyl adjacent to an activating group) is 1. The highest BCUT2D eigenvalue weighted by Gasteiger charge is 2.50. The molecular weight excluding hydrogens is 205 g/mol. The lowest BCUT2D eigenvalue weighted by Crippen LogP contribution is -2.47. The SMILES string of the molecule is CC1OP(Cl)N(C)C12CCCCC2. The molecule has 2 aliphatic rings. The Kier molecular flexibility index (Phi) is 2.86. The molecule has 0 N–H and O–H groups in total. The summed E-state index contributed by atoms with van der Waals surface area (Å²) in [6.45, 7) is 2.17. The van der Waals surface area contributed by atoms with Crippen molar-refractivity contribution in [3.8, 4) is 0 Å². The summed E-state index contributed by atoms with van der Waals surface area (Å²) in [4.78, 5) is 0. The largest absolute Gasteiger partial charge is 0.326 e. The van der Waals surface area contributed by atoms with Crippen LogP contribution >= 0.6 is 18.9 Å². The zero-order valence-corrected chi connectivity index (χ0v) is 9.94. The quantitative estimate of drug-likeness (QED) is 0.581. The molecule has 1 aliphatic heterocycles. The summed E-state index contributed by atoms with van der Waals surface area (Å²) in [5.41, 5.74) is 0.270. The molecule has 1 heterocycles. The lowest BCUT2D eigenvalue weighted by molar-refractivity contribution is 0.0837. The van der Waals surface area contributed by atoms with Gasteiger partial charge >= 0.3 is 0 Å². The lowest BCUT2D eigenvalue weighted by Gasteiger charge is -2.40. The van der Waals surface area contributed by atoms with Gasteiger partial charge in [-0.1, -0.05) is 19.3 Å². The minimum Gasteiger partial charge on any atom is -0.326 e. The van der Waals surface area contributed by atoms with Crippen LogP contribution in [0.2, 0.25) is 0 Å². The van der Waals surface area contributed by atoms with Crippen LogP contribution in [0.5, 0.6) is 0 Å². The highest BCUT2D eigenvalue weighted by molar-refractivity contribution is 7.78. The van der Waals surface area contributed by atoms with E-state index in [2.05, 4.69) is 18.6 Å². The van der Waals surface area contributed by atoms with Crippen LogP contribution < -0.4 is 0 Å². The molecule has 2 nitrogen and oxygen atoms in total. The van der Waals surface area contributed by atoms with Crippen molar-refractivity contribution in [1.29, 1.82) is 0 Å². The Morgan fingerprint density at radius 1 is 1.38 bits per heavy atom. The number of halogens is 1. The highest BCUT2D eigenvalue weighted by atomic mass is 35.7. The van der Waals surface area contributed by atoms with E-state index in [1.807, 2.05) is 0 Å². The molecule has 2 unspecified atom stereocenters. The first-order valence-electron chi connectivity index (χ1n) is 5.03. The fourth-order valence-corrected chi connectivity index (χ4v) is 4.70. The minimum atomic E-state index is -0.831. The average molecular weight is 222 g/mol. The third kappa shape index (κ3) is 1.52. The van der Waals surface area contributed by atoms with Gasteiger partial charge in [-0.2, -0.15) is 0 Å². The second-order valence-corrected chi connectivity index (χ2v) is 6.29. The molecule has 0 radical (unpaired) electrons. The molecule has 2 rings (SSSR count). The molecule has 1 spiro atoms. The summed E-state index contributed by atoms with van der Waals surface area (Å²) in [7, 11) is 1.29. The molecule has 13 heavy (non-hydrogen) atoms. The van der Waals surface area contributed by atoms with Crippen molar-refractivity contribution >= 4 is 18.9 Å². The van der Waals surface area contributed by atoms with Gasteiger partial charge in [0.1, 0.15) is 0 Å². The highest BCUT2D eigenvalue weighted by Crippen LogP contribution is 2.61. The summed E-state index contributed by atoms with van der Waals surface area (Å²) >= 11 is 6.15. The zero-order valence-electron chi connectivity index (χ0n) is 8.29. The molecular formula is C9H17ClNOP. The van der Waals surface area contributed by atoms with Gasteiger partial charge in [0.15, 0.2) is 0 Å². The van der Waals surface area contributed by atoms with E-state index in [-0.39, 0.29) is 5.54 Å². The number of rotatable bonds is 0. The molecule has 1 aliphatic carbocycles. The van der Waals surface area contributed by atoms with Crippen molar-refractivity contribution in [1.82, 2.24) is 4.67 Å². The van der Waals surface area contributed by atoms with Crippen LogP contribution in [-0.2, 0) is 4.52 Å². The van der Waals surface area contributed by atoms with Gasteiger partial charge in [0.2, 0.25) is 7.65 Å². The van der Waals surface area contributed by atoms with E-state index in [0.29, 0.717) is 6.10 Å². The predicted molar refractivity (Wildman–Crippen MR) is 56.9 cm³/mol. The van der Waals surface area contributed by atoms with E-state index in [9.17, 15) is 0 Å². The molecule has 0 aromatic heterocycles. The molecule has 76 valence electrons. The summed E-state index contributed by atoms with van der Waals surface area (Å²) in [6, 6.07) is 0. The third-order valence-corrected chi connectivity index (χ3v) is 5.88. The van der Waals surface area contributed by atoms with E-state index in [1.165, 1.54) is 32.1 Å². The summed E-state index contributed by atoms with van der Waals surface area (Å²) in [6.07, 6.45) is 6.88. The average Bonchev–Trinajstić information content (AvgIpc) is 2.34. The summed E-state index contributed by atoms with van der Waals surface area (Å²) in [5.74, 6) is 0. The normalized spacial score (nSPS) is 39.9. The monoisotopic (exact) mass is 221 g/mol. The van der Waals surface area contributed by atoms with E-state index < -0.39 is 7.65 Å². The Hall–Kier alpha value is 0.640. The standard InChI is InChI=1S/C9H17ClNOP/c1-8-9(6-4-3-5-7-9)11(2)13(10)12-8/h8H,3-7H2,1-2H3. The van der Waals surface area contributed by atoms with Crippen LogP contribution in [0.25, 0.3) is 0 Å². The van der Waals surface area contributed by atoms with E-state index in [0.717, 1.165) is 0 Å². The molecule has 2 fully saturated rings. The number of hydrogen-bond acceptors (Lipinski definition) is 2. The van der Waals surface area contributed by atoms with E-state index in [4.69, 9.17) is 15.8 Å². The third-order valence-electron chi connectivity index (χ3n) is 3.60. The van der Waals surface area contributed by atoms with E-state index in [1.54, 1.807) is 0 Å². The van der Waals surface area contributed by atoms with Crippen molar-refractivity contribution in [2.45, 2.75) is 50.7 Å². The minimum absolute atomic E-state index is 0.270. The van der Waals surface area contributed by atoms with E-state index >= 15 is 0 Å². The Balaban J connectivity index is 2.18. The maximum atomic E-state index is 6.15. The van der Waals surface area contributed by atoms with Crippen molar-refractivity contribution in [3.05, 3.63) is 0 Å². The molecule has 1 saturated heterocycles. The Labute approximate surface area is 86.3 Å². The van der Waals surface area contributed by atoms with Crippen LogP contribution in [0.3, 0.4) is 0 Å². The number of nitrogens with zero attached hydrogens (tertiary/aromatic N) is 1. The molecule has 2 atom stereocenters. The lowest BCUT2D eigenvalue weighted by atomic mass is 9.78. The van der Waals surface area contributed by atoms with Gasteiger partial charge in [0, 0.05) is 0 Å². The first-order valence-corrected chi connectivity index (χ1v) is 7.15.